The Morgan fingerprint density at radius 2 is 2.10 bits per heavy atom. The third-order valence-electron chi connectivity index (χ3n) is 8.16. The third-order valence-corrected chi connectivity index (χ3v) is 8.16. The second kappa shape index (κ2) is 13.6. The first-order valence-electron chi connectivity index (χ1n) is 14.6. The number of likely N-dealkylation sites (N-methyl/N-ethyl adjacent to an activating group) is 1. The van der Waals surface area contributed by atoms with E-state index in [0.717, 1.165) is 68.7 Å². The van der Waals surface area contributed by atoms with Crippen molar-refractivity contribution < 1.29 is 19.0 Å². The highest BCUT2D eigenvalue weighted by Crippen LogP contribution is 2.37. The highest BCUT2D eigenvalue weighted by molar-refractivity contribution is 5.77. The van der Waals surface area contributed by atoms with Gasteiger partial charge in [-0.2, -0.15) is 0 Å². The Balaban J connectivity index is 1.31. The SMILES string of the molecule is CCOc1c(F)cc(C(C)C)cc1[C@H](C(=O)O)N1CC[C@@H](N(C)CCCCCc2ccc3c(n2)NCCC3)C1. The lowest BCUT2D eigenvalue weighted by molar-refractivity contribution is -0.143. The van der Waals surface area contributed by atoms with Crippen molar-refractivity contribution in [2.75, 3.05) is 45.2 Å². The van der Waals surface area contributed by atoms with E-state index in [1.807, 2.05) is 24.8 Å². The average Bonchev–Trinajstić information content (AvgIpc) is 3.39. The number of anilines is 1. The van der Waals surface area contributed by atoms with Crippen LogP contribution in [0.25, 0.3) is 0 Å². The van der Waals surface area contributed by atoms with Crippen molar-refractivity contribution in [1.29, 1.82) is 0 Å². The van der Waals surface area contributed by atoms with Gasteiger partial charge in [0.2, 0.25) is 0 Å². The van der Waals surface area contributed by atoms with Crippen LogP contribution in [0.2, 0.25) is 0 Å². The van der Waals surface area contributed by atoms with Gasteiger partial charge in [-0.25, -0.2) is 9.37 Å². The second-order valence-corrected chi connectivity index (χ2v) is 11.3. The molecule has 2 aliphatic rings. The number of hydrogen-bond donors (Lipinski definition) is 2. The fourth-order valence-electron chi connectivity index (χ4n) is 5.85. The number of unbranched alkanes of at least 4 members (excludes halogenated alkanes) is 2. The van der Waals surface area contributed by atoms with E-state index in [-0.39, 0.29) is 24.3 Å². The van der Waals surface area contributed by atoms with E-state index in [4.69, 9.17) is 9.72 Å². The molecule has 3 heterocycles. The number of nitrogens with zero attached hydrogens (tertiary/aromatic N) is 3. The van der Waals surface area contributed by atoms with Crippen LogP contribution in [-0.4, -0.2) is 71.7 Å². The number of benzene rings is 1. The summed E-state index contributed by atoms with van der Waals surface area (Å²) >= 11 is 0. The molecular formula is C31H45FN4O3. The predicted molar refractivity (Wildman–Crippen MR) is 153 cm³/mol. The number of aromatic nitrogens is 1. The molecule has 1 aromatic carbocycles. The van der Waals surface area contributed by atoms with Gasteiger partial charge in [-0.05, 0) is 94.3 Å². The van der Waals surface area contributed by atoms with Gasteiger partial charge in [0.1, 0.15) is 11.9 Å². The minimum absolute atomic E-state index is 0.0651. The largest absolute Gasteiger partial charge is 0.490 e. The number of nitrogens with one attached hydrogen (secondary N) is 1. The Bertz CT molecular complexity index is 1130. The summed E-state index contributed by atoms with van der Waals surface area (Å²) in [6.45, 7) is 9.31. The lowest BCUT2D eigenvalue weighted by Crippen LogP contribution is -2.38. The number of pyridine rings is 1. The number of carboxylic acids is 1. The molecule has 8 heteroatoms. The first-order valence-corrected chi connectivity index (χ1v) is 14.6. The lowest BCUT2D eigenvalue weighted by atomic mass is 9.95. The van der Waals surface area contributed by atoms with Crippen LogP contribution < -0.4 is 10.1 Å². The Hall–Kier alpha value is -2.71. The van der Waals surface area contributed by atoms with Crippen molar-refractivity contribution in [3.63, 3.8) is 0 Å². The minimum atomic E-state index is -0.967. The highest BCUT2D eigenvalue weighted by atomic mass is 19.1. The van der Waals surface area contributed by atoms with Crippen LogP contribution in [0.3, 0.4) is 0 Å². The van der Waals surface area contributed by atoms with Gasteiger partial charge >= 0.3 is 5.97 Å². The molecule has 2 N–H and O–H groups in total. The zero-order valence-corrected chi connectivity index (χ0v) is 24.0. The monoisotopic (exact) mass is 540 g/mol. The van der Waals surface area contributed by atoms with Crippen molar-refractivity contribution in [1.82, 2.24) is 14.8 Å². The van der Waals surface area contributed by atoms with Gasteiger partial charge in [0, 0.05) is 36.9 Å². The number of carbonyl (C=O) groups is 1. The Labute approximate surface area is 232 Å². The van der Waals surface area contributed by atoms with Crippen molar-refractivity contribution in [2.24, 2.45) is 0 Å². The molecule has 1 saturated heterocycles. The standard InChI is InChI=1S/C31H45FN4O3/c1-5-39-29-26(18-23(21(2)3)19-27(29)32)28(31(37)38)36-17-14-25(20-36)35(4)16-8-6-7-11-24-13-12-22-10-9-15-33-30(22)34-24/h12-13,18-19,21,25,28H,5-11,14-17,20H2,1-4H3,(H,33,34)(H,37,38)/t25-,28-/m1/s1. The van der Waals surface area contributed by atoms with Crippen LogP contribution in [0.4, 0.5) is 10.2 Å². The maximum atomic E-state index is 15.0. The molecule has 2 atom stereocenters. The molecule has 2 aromatic rings. The average molecular weight is 541 g/mol. The van der Waals surface area contributed by atoms with Crippen LogP contribution in [0.1, 0.15) is 87.2 Å². The predicted octanol–water partition coefficient (Wildman–Crippen LogP) is 5.65. The van der Waals surface area contributed by atoms with Gasteiger partial charge in [0.05, 0.1) is 6.61 Å². The summed E-state index contributed by atoms with van der Waals surface area (Å²) in [5.41, 5.74) is 3.69. The molecule has 214 valence electrons. The minimum Gasteiger partial charge on any atom is -0.490 e. The normalized spacial score (nSPS) is 18.3. The van der Waals surface area contributed by atoms with E-state index in [0.29, 0.717) is 18.7 Å². The molecule has 0 bridgehead atoms. The topological polar surface area (TPSA) is 77.9 Å². The molecule has 1 fully saturated rings. The van der Waals surface area contributed by atoms with Gasteiger partial charge in [-0.3, -0.25) is 9.69 Å². The maximum absolute atomic E-state index is 15.0. The summed E-state index contributed by atoms with van der Waals surface area (Å²) in [7, 11) is 2.13. The number of fused-ring (bicyclic) bond motifs is 1. The second-order valence-electron chi connectivity index (χ2n) is 11.3. The summed E-state index contributed by atoms with van der Waals surface area (Å²) in [6.07, 6.45) is 7.50. The zero-order valence-electron chi connectivity index (χ0n) is 24.0. The molecule has 7 nitrogen and oxygen atoms in total. The summed E-state index contributed by atoms with van der Waals surface area (Å²) < 4.78 is 20.6. The van der Waals surface area contributed by atoms with Crippen LogP contribution in [0.15, 0.2) is 24.3 Å². The first-order chi connectivity index (χ1) is 18.8. The van der Waals surface area contributed by atoms with E-state index < -0.39 is 17.8 Å². The number of aliphatic carboxylic acids is 1. The maximum Gasteiger partial charge on any atom is 0.325 e. The Morgan fingerprint density at radius 1 is 1.28 bits per heavy atom. The molecule has 0 radical (unpaired) electrons. The molecule has 0 spiro atoms. The van der Waals surface area contributed by atoms with Gasteiger partial charge in [-0.1, -0.05) is 26.3 Å². The fraction of sp³-hybridized carbons (Fsp3) is 0.613. The summed E-state index contributed by atoms with van der Waals surface area (Å²) in [4.78, 5) is 21.6. The number of ether oxygens (including phenoxy) is 1. The quantitative estimate of drug-likeness (QED) is 0.318. The van der Waals surface area contributed by atoms with Gasteiger partial charge in [0.15, 0.2) is 11.6 Å². The van der Waals surface area contributed by atoms with E-state index in [2.05, 4.69) is 29.4 Å². The molecule has 1 aromatic heterocycles. The molecular weight excluding hydrogens is 495 g/mol. The number of likely N-dealkylation sites (tertiary alicyclic amines) is 1. The van der Waals surface area contributed by atoms with Crippen molar-refractivity contribution in [3.05, 3.63) is 52.5 Å². The number of carboxylic acid groups (broad SMARTS) is 1. The van der Waals surface area contributed by atoms with Gasteiger partial charge in [-0.15, -0.1) is 0 Å². The number of hydrogen-bond acceptors (Lipinski definition) is 6. The van der Waals surface area contributed by atoms with E-state index >= 15 is 4.39 Å². The molecule has 0 amide bonds. The van der Waals surface area contributed by atoms with E-state index in [9.17, 15) is 9.90 Å². The smallest absolute Gasteiger partial charge is 0.325 e. The molecule has 39 heavy (non-hydrogen) atoms. The Morgan fingerprint density at radius 3 is 2.85 bits per heavy atom. The summed E-state index contributed by atoms with van der Waals surface area (Å²) in [5.74, 6) is -0.239. The molecule has 0 saturated carbocycles. The van der Waals surface area contributed by atoms with Gasteiger partial charge < -0.3 is 20.1 Å². The van der Waals surface area contributed by atoms with Crippen molar-refractivity contribution >= 4 is 11.8 Å². The first kappa shape index (κ1) is 29.3. The van der Waals surface area contributed by atoms with Crippen LogP contribution >= 0.6 is 0 Å². The van der Waals surface area contributed by atoms with Crippen LogP contribution in [0, 0.1) is 5.82 Å². The summed E-state index contributed by atoms with van der Waals surface area (Å²) in [5, 5.41) is 13.7. The molecule has 0 unspecified atom stereocenters. The highest BCUT2D eigenvalue weighted by Gasteiger charge is 2.37. The van der Waals surface area contributed by atoms with Crippen LogP contribution in [-0.2, 0) is 17.6 Å². The zero-order chi connectivity index (χ0) is 27.9. The van der Waals surface area contributed by atoms with Crippen molar-refractivity contribution in [2.45, 2.75) is 83.7 Å². The van der Waals surface area contributed by atoms with Crippen molar-refractivity contribution in [3.8, 4) is 5.75 Å². The number of aryl methyl sites for hydroxylation is 2. The molecule has 0 aliphatic carbocycles. The summed E-state index contributed by atoms with van der Waals surface area (Å²) in [6, 6.07) is 7.02. The van der Waals surface area contributed by atoms with Crippen LogP contribution in [0.5, 0.6) is 5.75 Å². The number of rotatable bonds is 13. The lowest BCUT2D eigenvalue weighted by Gasteiger charge is -2.29. The molecule has 2 aliphatic heterocycles. The Kier molecular flexibility index (Phi) is 10.2. The van der Waals surface area contributed by atoms with E-state index in [1.54, 1.807) is 6.92 Å². The third kappa shape index (κ3) is 7.28. The number of halogens is 1. The van der Waals surface area contributed by atoms with E-state index in [1.165, 1.54) is 18.1 Å². The molecule has 4 rings (SSSR count). The fourth-order valence-corrected chi connectivity index (χ4v) is 5.85. The van der Waals surface area contributed by atoms with Gasteiger partial charge in [0.25, 0.3) is 0 Å².